The van der Waals surface area contributed by atoms with Crippen molar-refractivity contribution in [1.82, 2.24) is 19.6 Å². The Labute approximate surface area is 282 Å². The van der Waals surface area contributed by atoms with Gasteiger partial charge in [-0.15, -0.1) is 0 Å². The van der Waals surface area contributed by atoms with E-state index in [1.165, 1.54) is 22.5 Å². The molecule has 1 amide bonds. The van der Waals surface area contributed by atoms with Gasteiger partial charge in [-0.05, 0) is 74.2 Å². The van der Waals surface area contributed by atoms with Gasteiger partial charge in [0.2, 0.25) is 21.9 Å². The summed E-state index contributed by atoms with van der Waals surface area (Å²) < 4.78 is 82.8. The molecule has 4 aromatic rings. The van der Waals surface area contributed by atoms with Crippen LogP contribution in [0.5, 0.6) is 0 Å². The zero-order valence-electron chi connectivity index (χ0n) is 27.0. The molecule has 2 aliphatic heterocycles. The average Bonchev–Trinajstić information content (AvgIpc) is 3.60. The van der Waals surface area contributed by atoms with Crippen molar-refractivity contribution in [1.29, 1.82) is 0 Å². The van der Waals surface area contributed by atoms with Gasteiger partial charge >= 0.3 is 6.18 Å². The molecule has 2 fully saturated rings. The van der Waals surface area contributed by atoms with Crippen LogP contribution in [0.15, 0.2) is 77.7 Å². The van der Waals surface area contributed by atoms with Crippen molar-refractivity contribution in [3.63, 3.8) is 0 Å². The van der Waals surface area contributed by atoms with Crippen molar-refractivity contribution in [3.05, 3.63) is 101 Å². The number of aromatic nitrogens is 2. The van der Waals surface area contributed by atoms with Crippen LogP contribution >= 0.6 is 0 Å². The number of nitrogens with one attached hydrogen (secondary N) is 1. The van der Waals surface area contributed by atoms with E-state index in [2.05, 4.69) is 15.3 Å². The number of para-hydroxylation sites is 1. The first-order chi connectivity index (χ1) is 23.3. The summed E-state index contributed by atoms with van der Waals surface area (Å²) in [6.07, 6.45) is -3.62. The lowest BCUT2D eigenvalue weighted by molar-refractivity contribution is -0.137. The van der Waals surface area contributed by atoms with E-state index in [4.69, 9.17) is 0 Å². The molecule has 2 saturated heterocycles. The van der Waals surface area contributed by atoms with E-state index in [0.717, 1.165) is 17.7 Å². The van der Waals surface area contributed by atoms with Gasteiger partial charge < -0.3 is 15.1 Å². The maximum atomic E-state index is 14.4. The van der Waals surface area contributed by atoms with E-state index in [1.54, 1.807) is 43.3 Å². The summed E-state index contributed by atoms with van der Waals surface area (Å²) in [6.45, 7) is 5.53. The van der Waals surface area contributed by atoms with E-state index in [1.807, 2.05) is 22.8 Å². The van der Waals surface area contributed by atoms with E-state index < -0.39 is 33.7 Å². The molecule has 258 valence electrons. The van der Waals surface area contributed by atoms with Crippen molar-refractivity contribution in [2.45, 2.75) is 50.3 Å². The van der Waals surface area contributed by atoms with Gasteiger partial charge in [0.05, 0.1) is 34.1 Å². The molecule has 49 heavy (non-hydrogen) atoms. The average molecular weight is 697 g/mol. The Morgan fingerprint density at radius 3 is 2.29 bits per heavy atom. The molecule has 14 heteroatoms. The van der Waals surface area contributed by atoms with Crippen molar-refractivity contribution in [2.24, 2.45) is 0 Å². The quantitative estimate of drug-likeness (QED) is 0.236. The number of hydrogen-bond donors (Lipinski definition) is 1. The molecule has 0 unspecified atom stereocenters. The standard InChI is InChI=1S/C35H36F4N6O3S/c1-23-9-10-24(2)32(20-23)49(47,48)45-15-5-8-31(45)33(46)40-22-27-21-29(25-11-13-26(14-12-25)35(37,38)39)42-34(41-27)44-18-16-43(17-19-44)30-7-4-3-6-28(30)36/h3-4,6-7,9-14,20-21,31H,5,8,15-19,22H2,1-2H3,(H,40,46)/t31-/m0/s1. The van der Waals surface area contributed by atoms with Gasteiger partial charge in [0.25, 0.3) is 0 Å². The summed E-state index contributed by atoms with van der Waals surface area (Å²) in [4.78, 5) is 26.9. The molecule has 2 aliphatic rings. The van der Waals surface area contributed by atoms with Crippen molar-refractivity contribution < 1.29 is 30.8 Å². The number of sulfonamides is 1. The van der Waals surface area contributed by atoms with E-state index in [-0.39, 0.29) is 23.8 Å². The Kier molecular flexibility index (Phi) is 9.63. The van der Waals surface area contributed by atoms with Gasteiger partial charge in [-0.3, -0.25) is 4.79 Å². The normalized spacial score (nSPS) is 17.4. The molecule has 0 bridgehead atoms. The van der Waals surface area contributed by atoms with Crippen molar-refractivity contribution in [3.8, 4) is 11.3 Å². The minimum Gasteiger partial charge on any atom is -0.366 e. The van der Waals surface area contributed by atoms with Crippen LogP contribution in [0, 0.1) is 19.7 Å². The molecule has 0 aliphatic carbocycles. The molecule has 3 heterocycles. The molecule has 1 aromatic heterocycles. The minimum atomic E-state index is -4.50. The lowest BCUT2D eigenvalue weighted by Gasteiger charge is -2.36. The molecule has 9 nitrogen and oxygen atoms in total. The topological polar surface area (TPSA) is 98.7 Å². The number of amides is 1. The summed E-state index contributed by atoms with van der Waals surface area (Å²) in [6, 6.07) is 17.0. The van der Waals surface area contributed by atoms with Crippen molar-refractivity contribution >= 4 is 27.6 Å². The van der Waals surface area contributed by atoms with Gasteiger partial charge in [-0.2, -0.15) is 17.5 Å². The van der Waals surface area contributed by atoms with Crippen LogP contribution in [-0.2, 0) is 27.5 Å². The van der Waals surface area contributed by atoms with Gasteiger partial charge in [-0.1, -0.05) is 36.4 Å². The molecular formula is C35H36F4N6O3S. The van der Waals surface area contributed by atoms with E-state index >= 15 is 0 Å². The molecule has 0 saturated carbocycles. The number of hydrogen-bond acceptors (Lipinski definition) is 7. The molecule has 1 N–H and O–H groups in total. The predicted octanol–water partition coefficient (Wildman–Crippen LogP) is 5.71. The zero-order valence-corrected chi connectivity index (χ0v) is 27.9. The summed E-state index contributed by atoms with van der Waals surface area (Å²) in [5.74, 6) is -0.479. The van der Waals surface area contributed by atoms with Crippen LogP contribution in [-0.4, -0.2) is 67.4 Å². The van der Waals surface area contributed by atoms with Crippen LogP contribution in [0.3, 0.4) is 0 Å². The van der Waals surface area contributed by atoms with Gasteiger partial charge in [-0.25, -0.2) is 22.8 Å². The number of rotatable bonds is 8. The second-order valence-corrected chi connectivity index (χ2v) is 14.2. The Bertz CT molecular complexity index is 1950. The minimum absolute atomic E-state index is 0.0644. The highest BCUT2D eigenvalue weighted by molar-refractivity contribution is 7.89. The zero-order chi connectivity index (χ0) is 34.9. The largest absolute Gasteiger partial charge is 0.416 e. The maximum Gasteiger partial charge on any atom is 0.416 e. The lowest BCUT2D eigenvalue weighted by Crippen LogP contribution is -2.47. The molecular weight excluding hydrogens is 660 g/mol. The number of halogens is 4. The maximum absolute atomic E-state index is 14.4. The first-order valence-electron chi connectivity index (χ1n) is 16.0. The SMILES string of the molecule is Cc1ccc(C)c(S(=O)(=O)N2CCC[C@H]2C(=O)NCc2cc(-c3ccc(C(F)(F)F)cc3)nc(N3CCN(c4ccccc4F)CC3)n2)c1. The number of nitrogens with zero attached hydrogens (tertiary/aromatic N) is 5. The summed E-state index contributed by atoms with van der Waals surface area (Å²) >= 11 is 0. The van der Waals surface area contributed by atoms with Crippen LogP contribution in [0.2, 0.25) is 0 Å². The number of piperazine rings is 1. The fraction of sp³-hybridized carbons (Fsp3) is 0.343. The van der Waals surface area contributed by atoms with E-state index in [9.17, 15) is 30.8 Å². The second-order valence-electron chi connectivity index (χ2n) is 12.3. The van der Waals surface area contributed by atoms with Gasteiger partial charge in [0.15, 0.2) is 0 Å². The Balaban J connectivity index is 1.23. The third-order valence-electron chi connectivity index (χ3n) is 8.91. The van der Waals surface area contributed by atoms with Crippen LogP contribution in [0.4, 0.5) is 29.2 Å². The monoisotopic (exact) mass is 696 g/mol. The number of alkyl halides is 3. The summed E-state index contributed by atoms with van der Waals surface area (Å²) in [5, 5.41) is 2.84. The molecule has 0 radical (unpaired) electrons. The number of benzene rings is 3. The highest BCUT2D eigenvalue weighted by atomic mass is 32.2. The first-order valence-corrected chi connectivity index (χ1v) is 17.4. The third-order valence-corrected chi connectivity index (χ3v) is 11.0. The second kappa shape index (κ2) is 13.7. The third kappa shape index (κ3) is 7.39. The van der Waals surface area contributed by atoms with Crippen LogP contribution in [0.25, 0.3) is 11.3 Å². The van der Waals surface area contributed by atoms with Crippen LogP contribution in [0.1, 0.15) is 35.2 Å². The first kappa shape index (κ1) is 34.3. The van der Waals surface area contributed by atoms with Gasteiger partial charge in [0.1, 0.15) is 11.9 Å². The number of anilines is 2. The van der Waals surface area contributed by atoms with Gasteiger partial charge in [0, 0.05) is 38.3 Å². The smallest absolute Gasteiger partial charge is 0.366 e. The highest BCUT2D eigenvalue weighted by Crippen LogP contribution is 2.32. The lowest BCUT2D eigenvalue weighted by atomic mass is 10.1. The number of carbonyl (C=O) groups is 1. The Morgan fingerprint density at radius 1 is 0.898 bits per heavy atom. The number of aryl methyl sites for hydroxylation is 2. The molecule has 0 spiro atoms. The Morgan fingerprint density at radius 2 is 1.59 bits per heavy atom. The molecule has 6 rings (SSSR count). The fourth-order valence-corrected chi connectivity index (χ4v) is 8.21. The van der Waals surface area contributed by atoms with Crippen molar-refractivity contribution in [2.75, 3.05) is 42.5 Å². The predicted molar refractivity (Wildman–Crippen MR) is 178 cm³/mol. The highest BCUT2D eigenvalue weighted by Gasteiger charge is 2.40. The molecule has 1 atom stereocenters. The number of carbonyl (C=O) groups excluding carboxylic acids is 1. The molecule has 3 aromatic carbocycles. The fourth-order valence-electron chi connectivity index (χ4n) is 6.25. The Hall–Kier alpha value is -4.56. The summed E-state index contributed by atoms with van der Waals surface area (Å²) in [7, 11) is -3.94. The van der Waals surface area contributed by atoms with Crippen LogP contribution < -0.4 is 15.1 Å². The van der Waals surface area contributed by atoms with E-state index in [0.29, 0.717) is 73.2 Å². The summed E-state index contributed by atoms with van der Waals surface area (Å²) in [5.41, 5.74) is 2.27.